The van der Waals surface area contributed by atoms with E-state index in [-0.39, 0.29) is 11.4 Å². The molecule has 0 unspecified atom stereocenters. The van der Waals surface area contributed by atoms with Crippen LogP contribution in [-0.4, -0.2) is 15.9 Å². The monoisotopic (exact) mass is 219 g/mol. The fourth-order valence-corrected chi connectivity index (χ4v) is 2.50. The molecule has 0 saturated heterocycles. The van der Waals surface area contributed by atoms with Crippen LogP contribution in [0.4, 0.5) is 4.39 Å². The van der Waals surface area contributed by atoms with Gasteiger partial charge in [-0.2, -0.15) is 4.39 Å². The number of pyridine rings is 1. The van der Waals surface area contributed by atoms with E-state index in [0.29, 0.717) is 6.54 Å². The second kappa shape index (κ2) is 3.28. The van der Waals surface area contributed by atoms with Crippen LogP contribution in [0.2, 0.25) is 0 Å². The van der Waals surface area contributed by atoms with E-state index in [9.17, 15) is 4.39 Å². The maximum absolute atomic E-state index is 13.8. The molecule has 0 atom stereocenters. The Morgan fingerprint density at radius 1 is 1.44 bits per heavy atom. The SMILES string of the molecule is NCC1(c2ncc3cccc(F)n23)CCC1. The van der Waals surface area contributed by atoms with Gasteiger partial charge in [-0.1, -0.05) is 12.5 Å². The zero-order valence-electron chi connectivity index (χ0n) is 8.99. The Morgan fingerprint density at radius 2 is 2.25 bits per heavy atom. The third kappa shape index (κ3) is 1.13. The minimum Gasteiger partial charge on any atom is -0.329 e. The van der Waals surface area contributed by atoms with Crippen LogP contribution >= 0.6 is 0 Å². The average Bonchev–Trinajstić information content (AvgIpc) is 2.63. The number of nitrogens with zero attached hydrogens (tertiary/aromatic N) is 2. The molecule has 0 amide bonds. The van der Waals surface area contributed by atoms with Gasteiger partial charge in [0.2, 0.25) is 0 Å². The highest BCUT2D eigenvalue weighted by Gasteiger charge is 2.41. The smallest absolute Gasteiger partial charge is 0.199 e. The summed E-state index contributed by atoms with van der Waals surface area (Å²) in [5.41, 5.74) is 6.52. The minimum absolute atomic E-state index is 0.103. The molecule has 16 heavy (non-hydrogen) atoms. The molecular weight excluding hydrogens is 205 g/mol. The number of halogens is 1. The van der Waals surface area contributed by atoms with E-state index in [4.69, 9.17) is 5.73 Å². The lowest BCUT2D eigenvalue weighted by Gasteiger charge is -2.39. The first-order valence-electron chi connectivity index (χ1n) is 5.59. The van der Waals surface area contributed by atoms with Crippen LogP contribution in [-0.2, 0) is 5.41 Å². The summed E-state index contributed by atoms with van der Waals surface area (Å²) >= 11 is 0. The highest BCUT2D eigenvalue weighted by molar-refractivity contribution is 5.47. The predicted molar refractivity (Wildman–Crippen MR) is 59.7 cm³/mol. The summed E-state index contributed by atoms with van der Waals surface area (Å²) < 4.78 is 15.4. The van der Waals surface area contributed by atoms with Crippen molar-refractivity contribution >= 4 is 5.52 Å². The minimum atomic E-state index is -0.260. The molecule has 3 nitrogen and oxygen atoms in total. The van der Waals surface area contributed by atoms with Gasteiger partial charge in [0.05, 0.1) is 11.7 Å². The predicted octanol–water partition coefficient (Wildman–Crippen LogP) is 1.85. The quantitative estimate of drug-likeness (QED) is 0.783. The van der Waals surface area contributed by atoms with Gasteiger partial charge in [-0.3, -0.25) is 4.40 Å². The molecule has 0 radical (unpaired) electrons. The van der Waals surface area contributed by atoms with Gasteiger partial charge >= 0.3 is 0 Å². The summed E-state index contributed by atoms with van der Waals surface area (Å²) in [6.07, 6.45) is 4.89. The number of rotatable bonds is 2. The van der Waals surface area contributed by atoms with Crippen molar-refractivity contribution in [2.45, 2.75) is 24.7 Å². The molecule has 2 aromatic rings. The number of hydrogen-bond donors (Lipinski definition) is 1. The van der Waals surface area contributed by atoms with Crippen molar-refractivity contribution in [3.63, 3.8) is 0 Å². The summed E-state index contributed by atoms with van der Waals surface area (Å²) in [4.78, 5) is 4.36. The topological polar surface area (TPSA) is 43.3 Å². The fourth-order valence-electron chi connectivity index (χ4n) is 2.50. The molecule has 0 bridgehead atoms. The number of hydrogen-bond acceptors (Lipinski definition) is 2. The second-order valence-electron chi connectivity index (χ2n) is 4.53. The van der Waals surface area contributed by atoms with Crippen molar-refractivity contribution in [2.75, 3.05) is 6.54 Å². The third-order valence-electron chi connectivity index (χ3n) is 3.68. The van der Waals surface area contributed by atoms with Crippen LogP contribution in [0, 0.1) is 5.95 Å². The fraction of sp³-hybridized carbons (Fsp3) is 0.417. The molecule has 0 aliphatic heterocycles. The molecule has 1 saturated carbocycles. The Bertz CT molecular complexity index is 523. The number of nitrogens with two attached hydrogens (primary N) is 1. The number of fused-ring (bicyclic) bond motifs is 1. The summed E-state index contributed by atoms with van der Waals surface area (Å²) in [7, 11) is 0. The standard InChI is InChI=1S/C12H14FN3/c13-10-4-1-3-9-7-15-11(16(9)10)12(8-14)5-2-6-12/h1,3-4,7H,2,5-6,8,14H2. The molecule has 3 rings (SSSR count). The molecule has 2 N–H and O–H groups in total. The molecule has 84 valence electrons. The maximum Gasteiger partial charge on any atom is 0.199 e. The van der Waals surface area contributed by atoms with E-state index in [0.717, 1.165) is 30.6 Å². The Balaban J connectivity index is 2.24. The molecule has 2 aromatic heterocycles. The number of aromatic nitrogens is 2. The highest BCUT2D eigenvalue weighted by atomic mass is 19.1. The van der Waals surface area contributed by atoms with E-state index in [1.807, 2.05) is 6.07 Å². The van der Waals surface area contributed by atoms with Crippen molar-refractivity contribution in [2.24, 2.45) is 5.73 Å². The van der Waals surface area contributed by atoms with Crippen molar-refractivity contribution in [1.29, 1.82) is 0 Å². The molecule has 0 spiro atoms. The van der Waals surface area contributed by atoms with Gasteiger partial charge in [-0.25, -0.2) is 4.98 Å². The Labute approximate surface area is 93.1 Å². The first kappa shape index (κ1) is 9.78. The van der Waals surface area contributed by atoms with Crippen molar-refractivity contribution < 1.29 is 4.39 Å². The van der Waals surface area contributed by atoms with Crippen molar-refractivity contribution in [1.82, 2.24) is 9.38 Å². The van der Waals surface area contributed by atoms with Gasteiger partial charge < -0.3 is 5.73 Å². The van der Waals surface area contributed by atoms with E-state index >= 15 is 0 Å². The molecule has 2 heterocycles. The molecule has 1 aliphatic carbocycles. The second-order valence-corrected chi connectivity index (χ2v) is 4.53. The Morgan fingerprint density at radius 3 is 2.88 bits per heavy atom. The Kier molecular flexibility index (Phi) is 2.01. The zero-order chi connectivity index (χ0) is 11.2. The molecule has 4 heteroatoms. The highest BCUT2D eigenvalue weighted by Crippen LogP contribution is 2.42. The first-order chi connectivity index (χ1) is 7.77. The van der Waals surface area contributed by atoms with Gasteiger partial charge in [0, 0.05) is 12.0 Å². The molecule has 1 fully saturated rings. The van der Waals surface area contributed by atoms with Gasteiger partial charge in [0.25, 0.3) is 0 Å². The lowest BCUT2D eigenvalue weighted by atomic mass is 9.68. The van der Waals surface area contributed by atoms with Gasteiger partial charge in [0.1, 0.15) is 5.82 Å². The third-order valence-corrected chi connectivity index (χ3v) is 3.68. The lowest BCUT2D eigenvalue weighted by molar-refractivity contribution is 0.234. The molecule has 0 aromatic carbocycles. The maximum atomic E-state index is 13.8. The van der Waals surface area contributed by atoms with Crippen LogP contribution in [0.1, 0.15) is 25.1 Å². The zero-order valence-corrected chi connectivity index (χ0v) is 8.99. The molecular formula is C12H14FN3. The van der Waals surface area contributed by atoms with Crippen LogP contribution in [0.5, 0.6) is 0 Å². The van der Waals surface area contributed by atoms with Crippen LogP contribution in [0.15, 0.2) is 24.4 Å². The normalized spacial score (nSPS) is 18.6. The van der Waals surface area contributed by atoms with E-state index in [2.05, 4.69) is 4.98 Å². The van der Waals surface area contributed by atoms with E-state index in [1.165, 1.54) is 6.07 Å². The van der Waals surface area contributed by atoms with Gasteiger partial charge in [0.15, 0.2) is 5.95 Å². The average molecular weight is 219 g/mol. The van der Waals surface area contributed by atoms with Crippen molar-refractivity contribution in [3.8, 4) is 0 Å². The van der Waals surface area contributed by atoms with Crippen molar-refractivity contribution in [3.05, 3.63) is 36.2 Å². The lowest BCUT2D eigenvalue weighted by Crippen LogP contribution is -2.43. The summed E-state index contributed by atoms with van der Waals surface area (Å²) in [5.74, 6) is 0.527. The largest absolute Gasteiger partial charge is 0.329 e. The molecule has 1 aliphatic rings. The van der Waals surface area contributed by atoms with Gasteiger partial charge in [-0.05, 0) is 25.0 Å². The first-order valence-corrected chi connectivity index (χ1v) is 5.59. The Hall–Kier alpha value is -1.42. The van der Waals surface area contributed by atoms with Crippen LogP contribution < -0.4 is 5.73 Å². The van der Waals surface area contributed by atoms with E-state index < -0.39 is 0 Å². The summed E-state index contributed by atoms with van der Waals surface area (Å²) in [6.45, 7) is 0.542. The van der Waals surface area contributed by atoms with Gasteiger partial charge in [-0.15, -0.1) is 0 Å². The summed E-state index contributed by atoms with van der Waals surface area (Å²) in [5, 5.41) is 0. The van der Waals surface area contributed by atoms with Crippen LogP contribution in [0.3, 0.4) is 0 Å². The van der Waals surface area contributed by atoms with Crippen LogP contribution in [0.25, 0.3) is 5.52 Å². The van der Waals surface area contributed by atoms with E-state index in [1.54, 1.807) is 16.7 Å². The summed E-state index contributed by atoms with van der Waals surface area (Å²) in [6, 6.07) is 5.02. The number of imidazole rings is 1.